The molecule has 2 heterocycles. The van der Waals surface area contributed by atoms with Crippen molar-refractivity contribution in [3.8, 4) is 0 Å². The lowest BCUT2D eigenvalue weighted by atomic mass is 9.79. The Bertz CT molecular complexity index is 2370. The van der Waals surface area contributed by atoms with Crippen LogP contribution in [0.5, 0.6) is 0 Å². The van der Waals surface area contributed by atoms with Gasteiger partial charge in [0.05, 0.1) is 15.9 Å². The molecule has 1 fully saturated rings. The number of hydrogen-bond acceptors (Lipinski definition) is 8. The topological polar surface area (TPSA) is 140 Å². The van der Waals surface area contributed by atoms with Gasteiger partial charge in [-0.3, -0.25) is 14.4 Å². The van der Waals surface area contributed by atoms with E-state index in [1.165, 1.54) is 6.08 Å². The number of carbonyl (C=O) groups excluding carboxylic acids is 4. The van der Waals surface area contributed by atoms with Crippen LogP contribution in [0.1, 0.15) is 55.8 Å². The van der Waals surface area contributed by atoms with E-state index >= 15 is 0 Å². The molecule has 1 atom stereocenters. The molecule has 5 aromatic rings. The van der Waals surface area contributed by atoms with Crippen molar-refractivity contribution in [2.24, 2.45) is 5.41 Å². The molecule has 1 aliphatic heterocycles. The number of hydroxylamine groups is 2. The number of sulfonamides is 1. The predicted molar refractivity (Wildman–Crippen MR) is 182 cm³/mol. The number of rotatable bonds is 8. The molecule has 1 unspecified atom stereocenters. The Hall–Kier alpha value is -5.42. The van der Waals surface area contributed by atoms with Gasteiger partial charge >= 0.3 is 5.97 Å². The van der Waals surface area contributed by atoms with Gasteiger partial charge in [0, 0.05) is 41.0 Å². The molecular formula is C37H31N3O7S. The number of amides is 3. The maximum Gasteiger partial charge on any atom is 0.333 e. The van der Waals surface area contributed by atoms with Crippen LogP contribution < -0.4 is 4.72 Å². The zero-order chi connectivity index (χ0) is 33.6. The van der Waals surface area contributed by atoms with Crippen molar-refractivity contribution in [2.45, 2.75) is 45.4 Å². The molecule has 11 heteroatoms. The molecule has 1 saturated heterocycles. The second-order valence-electron chi connectivity index (χ2n) is 12.5. The van der Waals surface area contributed by atoms with Gasteiger partial charge in [-0.05, 0) is 65.1 Å². The van der Waals surface area contributed by atoms with E-state index in [9.17, 15) is 27.6 Å². The van der Waals surface area contributed by atoms with E-state index in [0.717, 1.165) is 32.4 Å². The molecule has 242 valence electrons. The molecule has 1 aromatic heterocycles. The summed E-state index contributed by atoms with van der Waals surface area (Å²) in [5.74, 6) is -2.51. The number of aromatic nitrogens is 1. The number of allylic oxidation sites excluding steroid dienone is 3. The summed E-state index contributed by atoms with van der Waals surface area (Å²) in [5.41, 5.74) is 1.12. The minimum atomic E-state index is -4.20. The van der Waals surface area contributed by atoms with E-state index in [2.05, 4.69) is 16.9 Å². The quantitative estimate of drug-likeness (QED) is 0.115. The summed E-state index contributed by atoms with van der Waals surface area (Å²) in [6.45, 7) is 1.93. The Kier molecular flexibility index (Phi) is 7.79. The van der Waals surface area contributed by atoms with Crippen LogP contribution in [0.3, 0.4) is 0 Å². The third-order valence-corrected chi connectivity index (χ3v) is 10.5. The Morgan fingerprint density at radius 2 is 1.52 bits per heavy atom. The van der Waals surface area contributed by atoms with E-state index < -0.39 is 39.1 Å². The van der Waals surface area contributed by atoms with Crippen LogP contribution in [0.15, 0.2) is 95.9 Å². The van der Waals surface area contributed by atoms with Crippen LogP contribution >= 0.6 is 0 Å². The first kappa shape index (κ1) is 31.2. The van der Waals surface area contributed by atoms with Crippen molar-refractivity contribution in [3.05, 3.63) is 101 Å². The molecule has 3 amide bonds. The van der Waals surface area contributed by atoms with Crippen molar-refractivity contribution in [3.63, 3.8) is 0 Å². The van der Waals surface area contributed by atoms with Crippen molar-refractivity contribution in [2.75, 3.05) is 0 Å². The first-order valence-electron chi connectivity index (χ1n) is 15.7. The van der Waals surface area contributed by atoms with Crippen LogP contribution in [0.25, 0.3) is 43.4 Å². The lowest BCUT2D eigenvalue weighted by molar-refractivity contribution is -0.197. The Labute approximate surface area is 276 Å². The summed E-state index contributed by atoms with van der Waals surface area (Å²) in [6, 6.07) is 23.1. The zero-order valence-electron chi connectivity index (χ0n) is 26.1. The Morgan fingerprint density at radius 1 is 0.875 bits per heavy atom. The molecule has 48 heavy (non-hydrogen) atoms. The van der Waals surface area contributed by atoms with Crippen molar-refractivity contribution in [1.29, 1.82) is 0 Å². The highest BCUT2D eigenvalue weighted by atomic mass is 32.2. The second-order valence-corrected chi connectivity index (χ2v) is 14.2. The van der Waals surface area contributed by atoms with Gasteiger partial charge in [0.1, 0.15) is 0 Å². The lowest BCUT2D eigenvalue weighted by Crippen LogP contribution is -2.32. The van der Waals surface area contributed by atoms with Gasteiger partial charge in [-0.15, -0.1) is 5.06 Å². The van der Waals surface area contributed by atoms with Crippen molar-refractivity contribution >= 4 is 77.1 Å². The fourth-order valence-electron chi connectivity index (χ4n) is 6.50. The summed E-state index contributed by atoms with van der Waals surface area (Å²) in [4.78, 5) is 58.9. The number of pyridine rings is 1. The van der Waals surface area contributed by atoms with Gasteiger partial charge in [0.25, 0.3) is 27.7 Å². The minimum Gasteiger partial charge on any atom is -0.330 e. The maximum absolute atomic E-state index is 13.6. The Morgan fingerprint density at radius 3 is 2.19 bits per heavy atom. The molecule has 1 N–H and O–H groups in total. The summed E-state index contributed by atoms with van der Waals surface area (Å²) in [5, 5.41) is 6.04. The fourth-order valence-corrected chi connectivity index (χ4v) is 7.52. The smallest absolute Gasteiger partial charge is 0.330 e. The SMILES string of the molecule is CC1(CCCC(=O)ON2C(=O)CCC2=O)C=CC(S(=O)(=O)NC(=O)c2cccc3nc4c5ccccc5c5ccccc5c4cc23)=CC1. The maximum atomic E-state index is 13.6. The van der Waals surface area contributed by atoms with Gasteiger partial charge in [-0.25, -0.2) is 22.9 Å². The number of benzene rings is 4. The highest BCUT2D eigenvalue weighted by Crippen LogP contribution is 2.37. The number of hydrogen-bond donors (Lipinski definition) is 1. The van der Waals surface area contributed by atoms with Crippen LogP contribution in [0.2, 0.25) is 0 Å². The standard InChI is InChI=1S/C37H31N3O7S/c1-37(19-7-14-34(43)47-40-32(41)15-16-33(40)42)20-17-23(18-21-37)48(45,46)39-36(44)28-12-6-13-31-29(28)22-30-26-10-3-2-8-24(26)25-9-4-5-11-27(25)35(30)38-31/h2-6,8-13,17-18,20,22H,7,14-16,19,21H2,1H3,(H,39,44). The van der Waals surface area contributed by atoms with E-state index in [1.807, 2.05) is 55.5 Å². The second kappa shape index (κ2) is 12.0. The first-order valence-corrected chi connectivity index (χ1v) is 17.2. The van der Waals surface area contributed by atoms with Gasteiger partial charge in [-0.2, -0.15) is 0 Å². The normalized spacial score (nSPS) is 18.2. The molecular weight excluding hydrogens is 630 g/mol. The van der Waals surface area contributed by atoms with Crippen LogP contribution in [0.4, 0.5) is 0 Å². The summed E-state index contributed by atoms with van der Waals surface area (Å²) in [7, 11) is -4.20. The molecule has 0 spiro atoms. The zero-order valence-corrected chi connectivity index (χ0v) is 26.9. The number of fused-ring (bicyclic) bond motifs is 7. The molecule has 7 rings (SSSR count). The van der Waals surface area contributed by atoms with Gasteiger partial charge in [-0.1, -0.05) is 73.7 Å². The minimum absolute atomic E-state index is 0.00733. The lowest BCUT2D eigenvalue weighted by Gasteiger charge is -2.28. The number of carbonyl (C=O) groups is 4. The monoisotopic (exact) mass is 661 g/mol. The number of imide groups is 1. The van der Waals surface area contributed by atoms with Crippen LogP contribution in [0, 0.1) is 5.41 Å². The van der Waals surface area contributed by atoms with E-state index in [1.54, 1.807) is 24.3 Å². The average molecular weight is 662 g/mol. The van der Waals surface area contributed by atoms with E-state index in [0.29, 0.717) is 35.2 Å². The third kappa shape index (κ3) is 5.70. The Balaban J connectivity index is 1.08. The third-order valence-electron chi connectivity index (χ3n) is 9.08. The van der Waals surface area contributed by atoms with Crippen molar-refractivity contribution < 1.29 is 32.4 Å². The molecule has 2 aliphatic rings. The van der Waals surface area contributed by atoms with Crippen LogP contribution in [-0.4, -0.2) is 42.2 Å². The molecule has 0 bridgehead atoms. The first-order chi connectivity index (χ1) is 23.0. The predicted octanol–water partition coefficient (Wildman–Crippen LogP) is 6.38. The molecule has 1 aliphatic carbocycles. The molecule has 4 aromatic carbocycles. The number of nitrogens with one attached hydrogen (secondary N) is 1. The summed E-state index contributed by atoms with van der Waals surface area (Å²) < 4.78 is 29.0. The number of nitrogens with zero attached hydrogens (tertiary/aromatic N) is 2. The van der Waals surface area contributed by atoms with Crippen molar-refractivity contribution in [1.82, 2.24) is 14.8 Å². The average Bonchev–Trinajstić information content (AvgIpc) is 3.39. The molecule has 0 saturated carbocycles. The summed E-state index contributed by atoms with van der Waals surface area (Å²) >= 11 is 0. The van der Waals surface area contributed by atoms with E-state index in [-0.39, 0.29) is 29.7 Å². The van der Waals surface area contributed by atoms with Gasteiger partial charge < -0.3 is 4.84 Å². The fraction of sp³-hybridized carbons (Fsp3) is 0.216. The van der Waals surface area contributed by atoms with Crippen LogP contribution in [-0.2, 0) is 29.2 Å². The highest BCUT2D eigenvalue weighted by Gasteiger charge is 2.33. The van der Waals surface area contributed by atoms with Gasteiger partial charge in [0.15, 0.2) is 0 Å². The van der Waals surface area contributed by atoms with E-state index in [4.69, 9.17) is 9.82 Å². The largest absolute Gasteiger partial charge is 0.333 e. The summed E-state index contributed by atoms with van der Waals surface area (Å²) in [6.07, 6.45) is 6.11. The molecule has 0 radical (unpaired) electrons. The van der Waals surface area contributed by atoms with Gasteiger partial charge in [0.2, 0.25) is 0 Å². The molecule has 10 nitrogen and oxygen atoms in total. The highest BCUT2D eigenvalue weighted by molar-refractivity contribution is 7.94.